The van der Waals surface area contributed by atoms with Crippen LogP contribution in [0.15, 0.2) is 59.1 Å². The summed E-state index contributed by atoms with van der Waals surface area (Å²) in [4.78, 5) is 15.1. The van der Waals surface area contributed by atoms with Crippen molar-refractivity contribution in [2.24, 2.45) is 0 Å². The molecule has 1 N–H and O–H groups in total. The number of nitrogens with one attached hydrogen (secondary N) is 1. The Morgan fingerprint density at radius 1 is 1.19 bits per heavy atom. The van der Waals surface area contributed by atoms with Crippen LogP contribution in [0.4, 0.5) is 0 Å². The van der Waals surface area contributed by atoms with Gasteiger partial charge >= 0.3 is 0 Å². The van der Waals surface area contributed by atoms with Crippen molar-refractivity contribution in [3.05, 3.63) is 70.9 Å². The summed E-state index contributed by atoms with van der Waals surface area (Å²) >= 11 is 6.46. The van der Waals surface area contributed by atoms with Gasteiger partial charge in [0.05, 0.1) is 12.6 Å². The molecule has 6 nitrogen and oxygen atoms in total. The zero-order valence-electron chi connectivity index (χ0n) is 17.5. The number of nitrogens with zero attached hydrogens (tertiary/aromatic N) is 2. The van der Waals surface area contributed by atoms with Crippen molar-refractivity contribution in [2.45, 2.75) is 25.8 Å². The summed E-state index contributed by atoms with van der Waals surface area (Å²) in [6.07, 6.45) is 2.31. The van der Waals surface area contributed by atoms with Gasteiger partial charge in [-0.3, -0.25) is 9.69 Å². The Kier molecular flexibility index (Phi) is 6.89. The van der Waals surface area contributed by atoms with Gasteiger partial charge in [0.25, 0.3) is 5.91 Å². The Hall–Kier alpha value is -2.83. The highest BCUT2D eigenvalue weighted by atomic mass is 35.5. The van der Waals surface area contributed by atoms with E-state index in [1.807, 2.05) is 55.5 Å². The minimum absolute atomic E-state index is 0.0256. The number of carbonyl (C=O) groups is 1. The average molecular weight is 440 g/mol. The molecular formula is C24H26ClN3O3. The van der Waals surface area contributed by atoms with E-state index in [9.17, 15) is 4.79 Å². The largest absolute Gasteiger partial charge is 0.494 e. The van der Waals surface area contributed by atoms with Gasteiger partial charge in [-0.1, -0.05) is 35.0 Å². The number of halogens is 1. The van der Waals surface area contributed by atoms with E-state index in [1.54, 1.807) is 6.07 Å². The molecule has 0 radical (unpaired) electrons. The molecule has 0 saturated carbocycles. The lowest BCUT2D eigenvalue weighted by molar-refractivity contribution is 0.0929. The van der Waals surface area contributed by atoms with E-state index in [0.29, 0.717) is 23.9 Å². The minimum Gasteiger partial charge on any atom is -0.494 e. The van der Waals surface area contributed by atoms with Gasteiger partial charge in [-0.15, -0.1) is 0 Å². The van der Waals surface area contributed by atoms with Crippen LogP contribution in [0.2, 0.25) is 5.02 Å². The second kappa shape index (κ2) is 9.98. The van der Waals surface area contributed by atoms with E-state index in [1.165, 1.54) is 0 Å². The molecule has 1 aliphatic heterocycles. The topological polar surface area (TPSA) is 67.6 Å². The van der Waals surface area contributed by atoms with Crippen molar-refractivity contribution in [3.8, 4) is 17.1 Å². The fourth-order valence-corrected chi connectivity index (χ4v) is 4.18. The van der Waals surface area contributed by atoms with Gasteiger partial charge < -0.3 is 14.6 Å². The Labute approximate surface area is 187 Å². The van der Waals surface area contributed by atoms with Crippen LogP contribution in [0, 0.1) is 0 Å². The summed E-state index contributed by atoms with van der Waals surface area (Å²) in [7, 11) is 0. The minimum atomic E-state index is -0.266. The predicted molar refractivity (Wildman–Crippen MR) is 120 cm³/mol. The zero-order chi connectivity index (χ0) is 21.6. The van der Waals surface area contributed by atoms with Gasteiger partial charge in [-0.25, -0.2) is 0 Å². The molecule has 1 aliphatic rings. The first-order valence-electron chi connectivity index (χ1n) is 10.6. The smallest absolute Gasteiger partial charge is 0.273 e. The molecule has 0 unspecified atom stereocenters. The monoisotopic (exact) mass is 439 g/mol. The standard InChI is InChI=1S/C24H26ClN3O3/c1-2-30-18-11-9-17(10-12-18)23-15-21(27-31-23)24(29)26-16-22(28-13-5-6-14-28)19-7-3-4-8-20(19)25/h3-4,7-12,15,22H,2,5-6,13-14,16H2,1H3,(H,26,29)/t22-/m0/s1. The first-order chi connectivity index (χ1) is 15.2. The average Bonchev–Trinajstić information content (AvgIpc) is 3.48. The maximum absolute atomic E-state index is 12.8. The molecule has 0 aliphatic carbocycles. The summed E-state index contributed by atoms with van der Waals surface area (Å²) in [6, 6.07) is 17.0. The van der Waals surface area contributed by atoms with Crippen LogP contribution >= 0.6 is 11.6 Å². The highest BCUT2D eigenvalue weighted by Crippen LogP contribution is 2.30. The molecule has 7 heteroatoms. The Bertz CT molecular complexity index is 1010. The second-order valence-electron chi connectivity index (χ2n) is 7.52. The summed E-state index contributed by atoms with van der Waals surface area (Å²) in [5.74, 6) is 1.06. The van der Waals surface area contributed by atoms with E-state index in [4.69, 9.17) is 20.9 Å². The molecule has 162 valence electrons. The van der Waals surface area contributed by atoms with Crippen LogP contribution in [0.5, 0.6) is 5.75 Å². The van der Waals surface area contributed by atoms with Crippen LogP contribution in [-0.2, 0) is 0 Å². The highest BCUT2D eigenvalue weighted by Gasteiger charge is 2.26. The van der Waals surface area contributed by atoms with Gasteiger partial charge in [0.15, 0.2) is 11.5 Å². The number of hydrogen-bond acceptors (Lipinski definition) is 5. The molecule has 1 fully saturated rings. The number of rotatable bonds is 8. The van der Waals surface area contributed by atoms with Crippen LogP contribution in [0.3, 0.4) is 0 Å². The number of carbonyl (C=O) groups excluding carboxylic acids is 1. The fourth-order valence-electron chi connectivity index (χ4n) is 3.91. The van der Waals surface area contributed by atoms with E-state index in [-0.39, 0.29) is 17.6 Å². The van der Waals surface area contributed by atoms with Crippen LogP contribution in [0.1, 0.15) is 41.9 Å². The van der Waals surface area contributed by atoms with Crippen molar-refractivity contribution in [1.29, 1.82) is 0 Å². The van der Waals surface area contributed by atoms with Crippen LogP contribution in [-0.4, -0.2) is 42.2 Å². The third kappa shape index (κ3) is 5.09. The molecule has 3 aromatic rings. The Morgan fingerprint density at radius 2 is 1.94 bits per heavy atom. The van der Waals surface area contributed by atoms with Gasteiger partial charge in [-0.05, 0) is 68.8 Å². The maximum atomic E-state index is 12.8. The fraction of sp³-hybridized carbons (Fsp3) is 0.333. The van der Waals surface area contributed by atoms with Crippen LogP contribution in [0.25, 0.3) is 11.3 Å². The molecule has 1 aromatic heterocycles. The summed E-state index contributed by atoms with van der Waals surface area (Å²) in [5.41, 5.74) is 2.12. The molecule has 1 saturated heterocycles. The molecule has 0 spiro atoms. The van der Waals surface area contributed by atoms with Crippen LogP contribution < -0.4 is 10.1 Å². The van der Waals surface area contributed by atoms with E-state index < -0.39 is 0 Å². The lowest BCUT2D eigenvalue weighted by Crippen LogP contribution is -2.37. The van der Waals surface area contributed by atoms with Gasteiger partial charge in [-0.2, -0.15) is 0 Å². The molecule has 2 aromatic carbocycles. The summed E-state index contributed by atoms with van der Waals surface area (Å²) in [6.45, 7) is 5.00. The predicted octanol–water partition coefficient (Wildman–Crippen LogP) is 4.96. The number of ether oxygens (including phenoxy) is 1. The molecule has 1 amide bonds. The molecule has 1 atom stereocenters. The lowest BCUT2D eigenvalue weighted by atomic mass is 10.1. The quantitative estimate of drug-likeness (QED) is 0.537. The molecule has 31 heavy (non-hydrogen) atoms. The third-order valence-corrected chi connectivity index (χ3v) is 5.84. The van der Waals surface area contributed by atoms with E-state index in [0.717, 1.165) is 42.8 Å². The van der Waals surface area contributed by atoms with E-state index in [2.05, 4.69) is 15.4 Å². The number of amides is 1. The highest BCUT2D eigenvalue weighted by molar-refractivity contribution is 6.31. The van der Waals surface area contributed by atoms with Crippen molar-refractivity contribution in [1.82, 2.24) is 15.4 Å². The van der Waals surface area contributed by atoms with Crippen molar-refractivity contribution < 1.29 is 14.1 Å². The van der Waals surface area contributed by atoms with Gasteiger partial charge in [0, 0.05) is 23.2 Å². The molecule has 2 heterocycles. The molecule has 0 bridgehead atoms. The van der Waals surface area contributed by atoms with E-state index >= 15 is 0 Å². The number of aromatic nitrogens is 1. The number of likely N-dealkylation sites (tertiary alicyclic amines) is 1. The molecule has 4 rings (SSSR count). The molecular weight excluding hydrogens is 414 g/mol. The number of benzene rings is 2. The first kappa shape index (κ1) is 21.4. The third-order valence-electron chi connectivity index (χ3n) is 5.49. The zero-order valence-corrected chi connectivity index (χ0v) is 18.3. The van der Waals surface area contributed by atoms with Crippen molar-refractivity contribution in [3.63, 3.8) is 0 Å². The second-order valence-corrected chi connectivity index (χ2v) is 7.93. The normalized spacial score (nSPS) is 15.0. The van der Waals surface area contributed by atoms with Crippen molar-refractivity contribution >= 4 is 17.5 Å². The summed E-state index contributed by atoms with van der Waals surface area (Å²) in [5, 5.41) is 7.69. The maximum Gasteiger partial charge on any atom is 0.273 e. The Balaban J connectivity index is 1.44. The van der Waals surface area contributed by atoms with Crippen molar-refractivity contribution in [2.75, 3.05) is 26.2 Å². The van der Waals surface area contributed by atoms with Gasteiger partial charge in [0.1, 0.15) is 5.75 Å². The lowest BCUT2D eigenvalue weighted by Gasteiger charge is -2.28. The van der Waals surface area contributed by atoms with Gasteiger partial charge in [0.2, 0.25) is 0 Å². The summed E-state index contributed by atoms with van der Waals surface area (Å²) < 4.78 is 10.9. The SMILES string of the molecule is CCOc1ccc(-c2cc(C(=O)NC[C@@H](c3ccccc3Cl)N3CCCC3)no2)cc1. The number of hydrogen-bond donors (Lipinski definition) is 1. The Morgan fingerprint density at radius 3 is 2.65 bits per heavy atom. The first-order valence-corrected chi connectivity index (χ1v) is 11.0.